The molecule has 2 N–H and O–H groups in total. The van der Waals surface area contributed by atoms with E-state index in [1.54, 1.807) is 48.5 Å². The topological polar surface area (TPSA) is 105 Å². The van der Waals surface area contributed by atoms with Gasteiger partial charge in [0.2, 0.25) is 5.91 Å². The largest absolute Gasteiger partial charge is 0.477 e. The second-order valence-electron chi connectivity index (χ2n) is 6.45. The van der Waals surface area contributed by atoms with Gasteiger partial charge in [-0.05, 0) is 24.3 Å². The molecule has 0 radical (unpaired) electrons. The van der Waals surface area contributed by atoms with Gasteiger partial charge in [-0.2, -0.15) is 0 Å². The Kier molecular flexibility index (Phi) is 4.52. The molecule has 2 heterocycles. The van der Waals surface area contributed by atoms with Crippen LogP contribution in [-0.2, 0) is 9.59 Å². The van der Waals surface area contributed by atoms with Gasteiger partial charge in [-0.25, -0.2) is 0 Å². The number of fused-ring (bicyclic) bond motifs is 2. The van der Waals surface area contributed by atoms with Gasteiger partial charge >= 0.3 is 0 Å². The smallest absolute Gasteiger partial charge is 0.267 e. The Labute approximate surface area is 160 Å². The standard InChI is InChI=1S/C20H17N3O5/c24-17(9-10-23-19(26)12-5-1-2-6-13(12)20(23)27)21-11-16-18(25)22-14-7-3-4-8-15(14)28-16/h1-8,16H,9-11H2,(H,21,24)(H,22,25). The summed E-state index contributed by atoms with van der Waals surface area (Å²) in [6.07, 6.45) is -0.908. The van der Waals surface area contributed by atoms with Crippen LogP contribution in [0.25, 0.3) is 0 Å². The third-order valence-electron chi connectivity index (χ3n) is 4.63. The van der Waals surface area contributed by atoms with Crippen LogP contribution in [0.1, 0.15) is 27.1 Å². The minimum atomic E-state index is -0.849. The highest BCUT2D eigenvalue weighted by Crippen LogP contribution is 2.28. The van der Waals surface area contributed by atoms with Crippen LogP contribution in [0.2, 0.25) is 0 Å². The summed E-state index contributed by atoms with van der Waals surface area (Å²) in [5.41, 5.74) is 1.28. The number of imide groups is 1. The minimum absolute atomic E-state index is 0.0128. The number of carbonyl (C=O) groups excluding carboxylic acids is 4. The van der Waals surface area contributed by atoms with Crippen LogP contribution in [-0.4, -0.2) is 47.7 Å². The molecule has 2 aliphatic heterocycles. The molecule has 1 atom stereocenters. The number of carbonyl (C=O) groups is 4. The van der Waals surface area contributed by atoms with Crippen molar-refractivity contribution in [2.45, 2.75) is 12.5 Å². The van der Waals surface area contributed by atoms with Crippen LogP contribution in [0, 0.1) is 0 Å². The first-order valence-electron chi connectivity index (χ1n) is 8.83. The van der Waals surface area contributed by atoms with E-state index in [0.717, 1.165) is 4.90 Å². The number of ether oxygens (including phenoxy) is 1. The zero-order chi connectivity index (χ0) is 19.7. The van der Waals surface area contributed by atoms with Gasteiger partial charge in [0, 0.05) is 13.0 Å². The van der Waals surface area contributed by atoms with E-state index in [4.69, 9.17) is 4.74 Å². The fourth-order valence-electron chi connectivity index (χ4n) is 3.18. The zero-order valence-electron chi connectivity index (χ0n) is 14.8. The normalized spacial score (nSPS) is 17.5. The number of nitrogens with zero attached hydrogens (tertiary/aromatic N) is 1. The van der Waals surface area contributed by atoms with Crippen molar-refractivity contribution < 1.29 is 23.9 Å². The van der Waals surface area contributed by atoms with Crippen LogP contribution < -0.4 is 15.4 Å². The van der Waals surface area contributed by atoms with Crippen LogP contribution >= 0.6 is 0 Å². The first-order valence-corrected chi connectivity index (χ1v) is 8.83. The SMILES string of the molecule is O=C(CCN1C(=O)c2ccccc2C1=O)NCC1Oc2ccccc2NC1=O. The molecule has 0 aromatic heterocycles. The summed E-state index contributed by atoms with van der Waals surface area (Å²) in [4.78, 5) is 49.8. The lowest BCUT2D eigenvalue weighted by atomic mass is 10.1. The van der Waals surface area contributed by atoms with Gasteiger partial charge in [0.05, 0.1) is 23.4 Å². The Hall–Kier alpha value is -3.68. The molecule has 0 spiro atoms. The third kappa shape index (κ3) is 3.20. The van der Waals surface area contributed by atoms with Crippen LogP contribution in [0.5, 0.6) is 5.75 Å². The monoisotopic (exact) mass is 379 g/mol. The molecule has 4 rings (SSSR count). The Morgan fingerprint density at radius 3 is 2.36 bits per heavy atom. The number of rotatable bonds is 5. The highest BCUT2D eigenvalue weighted by Gasteiger charge is 2.35. The number of hydrogen-bond donors (Lipinski definition) is 2. The lowest BCUT2D eigenvalue weighted by molar-refractivity contribution is -0.125. The van der Waals surface area contributed by atoms with Gasteiger partial charge in [-0.1, -0.05) is 24.3 Å². The summed E-state index contributed by atoms with van der Waals surface area (Å²) < 4.78 is 5.60. The summed E-state index contributed by atoms with van der Waals surface area (Å²) in [6, 6.07) is 13.6. The van der Waals surface area contributed by atoms with Crippen LogP contribution in [0.4, 0.5) is 5.69 Å². The van der Waals surface area contributed by atoms with E-state index >= 15 is 0 Å². The average Bonchev–Trinajstić information content (AvgIpc) is 2.95. The lowest BCUT2D eigenvalue weighted by Crippen LogP contribution is -2.46. The maximum absolute atomic E-state index is 12.3. The fraction of sp³-hybridized carbons (Fsp3) is 0.200. The van der Waals surface area contributed by atoms with Gasteiger partial charge in [0.1, 0.15) is 5.75 Å². The number of para-hydroxylation sites is 2. The van der Waals surface area contributed by atoms with Gasteiger partial charge < -0.3 is 15.4 Å². The molecule has 2 aromatic carbocycles. The number of hydrogen-bond acceptors (Lipinski definition) is 5. The van der Waals surface area contributed by atoms with E-state index in [1.165, 1.54) is 0 Å². The number of benzene rings is 2. The first-order chi connectivity index (χ1) is 13.5. The molecule has 0 saturated carbocycles. The van der Waals surface area contributed by atoms with Crippen molar-refractivity contribution in [3.8, 4) is 5.75 Å². The Balaban J connectivity index is 1.30. The molecule has 2 aliphatic rings. The number of anilines is 1. The Bertz CT molecular complexity index is 952. The van der Waals surface area contributed by atoms with E-state index in [0.29, 0.717) is 22.6 Å². The van der Waals surface area contributed by atoms with E-state index in [9.17, 15) is 19.2 Å². The van der Waals surface area contributed by atoms with Crippen LogP contribution in [0.15, 0.2) is 48.5 Å². The molecule has 4 amide bonds. The van der Waals surface area contributed by atoms with Crippen molar-refractivity contribution >= 4 is 29.3 Å². The minimum Gasteiger partial charge on any atom is -0.477 e. The number of nitrogens with one attached hydrogen (secondary N) is 2. The third-order valence-corrected chi connectivity index (χ3v) is 4.63. The van der Waals surface area contributed by atoms with Crippen LogP contribution in [0.3, 0.4) is 0 Å². The molecule has 0 fully saturated rings. The number of amides is 4. The Morgan fingerprint density at radius 1 is 1.00 bits per heavy atom. The molecule has 2 aromatic rings. The van der Waals surface area contributed by atoms with Gasteiger partial charge in [-0.15, -0.1) is 0 Å². The summed E-state index contributed by atoms with van der Waals surface area (Å²) in [6.45, 7) is -0.0418. The molecule has 28 heavy (non-hydrogen) atoms. The summed E-state index contributed by atoms with van der Waals surface area (Å²) in [7, 11) is 0. The zero-order valence-corrected chi connectivity index (χ0v) is 14.8. The molecule has 0 saturated heterocycles. The molecule has 0 aliphatic carbocycles. The van der Waals surface area contributed by atoms with Crippen molar-refractivity contribution in [2.75, 3.05) is 18.4 Å². The molecular weight excluding hydrogens is 362 g/mol. The van der Waals surface area contributed by atoms with Crippen molar-refractivity contribution in [1.82, 2.24) is 10.2 Å². The van der Waals surface area contributed by atoms with Gasteiger partial charge in [-0.3, -0.25) is 24.1 Å². The predicted molar refractivity (Wildman–Crippen MR) is 98.9 cm³/mol. The highest BCUT2D eigenvalue weighted by molar-refractivity contribution is 6.21. The predicted octanol–water partition coefficient (Wildman–Crippen LogP) is 1.19. The average molecular weight is 379 g/mol. The first kappa shape index (κ1) is 17.7. The summed E-state index contributed by atoms with van der Waals surface area (Å²) >= 11 is 0. The maximum Gasteiger partial charge on any atom is 0.267 e. The molecule has 8 heteroatoms. The summed E-state index contributed by atoms with van der Waals surface area (Å²) in [5.74, 6) is -1.00. The van der Waals surface area contributed by atoms with E-state index < -0.39 is 17.9 Å². The fourth-order valence-corrected chi connectivity index (χ4v) is 3.18. The van der Waals surface area contributed by atoms with Gasteiger partial charge in [0.25, 0.3) is 17.7 Å². The van der Waals surface area contributed by atoms with E-state index in [1.807, 2.05) is 0 Å². The molecule has 1 unspecified atom stereocenters. The maximum atomic E-state index is 12.3. The molecule has 0 bridgehead atoms. The van der Waals surface area contributed by atoms with Crippen molar-refractivity contribution in [3.05, 3.63) is 59.7 Å². The van der Waals surface area contributed by atoms with E-state index in [2.05, 4.69) is 10.6 Å². The summed E-state index contributed by atoms with van der Waals surface area (Å²) in [5, 5.41) is 5.33. The molecule has 142 valence electrons. The quantitative estimate of drug-likeness (QED) is 0.760. The molecule has 8 nitrogen and oxygen atoms in total. The lowest BCUT2D eigenvalue weighted by Gasteiger charge is -2.25. The second-order valence-corrected chi connectivity index (χ2v) is 6.45. The van der Waals surface area contributed by atoms with Crippen molar-refractivity contribution in [3.63, 3.8) is 0 Å². The molecular formula is C20H17N3O5. The second kappa shape index (κ2) is 7.15. The highest BCUT2D eigenvalue weighted by atomic mass is 16.5. The van der Waals surface area contributed by atoms with Crippen molar-refractivity contribution in [2.24, 2.45) is 0 Å². The Morgan fingerprint density at radius 2 is 1.64 bits per heavy atom. The van der Waals surface area contributed by atoms with Gasteiger partial charge in [0.15, 0.2) is 6.10 Å². The van der Waals surface area contributed by atoms with Crippen molar-refractivity contribution in [1.29, 1.82) is 0 Å². The van der Waals surface area contributed by atoms with E-state index in [-0.39, 0.29) is 31.3 Å².